The van der Waals surface area contributed by atoms with Gasteiger partial charge in [-0.05, 0) is 18.8 Å². The molecular weight excluding hydrogens is 242 g/mol. The number of hydrogen-bond acceptors (Lipinski definition) is 4. The second kappa shape index (κ2) is 7.85. The first-order chi connectivity index (χ1) is 9.06. The van der Waals surface area contributed by atoms with E-state index in [1.54, 1.807) is 7.11 Å². The summed E-state index contributed by atoms with van der Waals surface area (Å²) in [7, 11) is 3.08. The fourth-order valence-electron chi connectivity index (χ4n) is 2.93. The van der Waals surface area contributed by atoms with E-state index in [0.717, 1.165) is 12.8 Å². The van der Waals surface area contributed by atoms with E-state index in [4.69, 9.17) is 9.47 Å². The van der Waals surface area contributed by atoms with E-state index in [1.165, 1.54) is 32.8 Å². The van der Waals surface area contributed by atoms with Crippen molar-refractivity contribution < 1.29 is 14.3 Å². The number of carbonyl (C=O) groups excluding carboxylic acids is 1. The summed E-state index contributed by atoms with van der Waals surface area (Å²) >= 11 is 0. The highest BCUT2D eigenvalue weighted by Gasteiger charge is 2.44. The summed E-state index contributed by atoms with van der Waals surface area (Å²) in [6, 6.07) is 0.388. The Balaban J connectivity index is 2.84. The standard InChI is InChI=1S/C15H29NO3/c1-12(2)15(11-18-3,14(17)19-4)16-13-9-7-5-6-8-10-13/h12-13,16H,5-11H2,1-4H3. The summed E-state index contributed by atoms with van der Waals surface area (Å²) in [5.41, 5.74) is -0.724. The molecule has 4 nitrogen and oxygen atoms in total. The third-order valence-corrected chi connectivity index (χ3v) is 4.22. The topological polar surface area (TPSA) is 47.6 Å². The van der Waals surface area contributed by atoms with Crippen LogP contribution in [-0.2, 0) is 14.3 Å². The van der Waals surface area contributed by atoms with Gasteiger partial charge in [-0.2, -0.15) is 0 Å². The van der Waals surface area contributed by atoms with Gasteiger partial charge in [0.25, 0.3) is 0 Å². The summed E-state index contributed by atoms with van der Waals surface area (Å²) < 4.78 is 10.3. The van der Waals surface area contributed by atoms with E-state index in [1.807, 2.05) is 13.8 Å². The Morgan fingerprint density at radius 3 is 2.21 bits per heavy atom. The molecule has 4 heteroatoms. The van der Waals surface area contributed by atoms with Crippen molar-refractivity contribution in [3.8, 4) is 0 Å². The molecule has 0 aromatic heterocycles. The maximum Gasteiger partial charge on any atom is 0.328 e. The molecule has 0 spiro atoms. The zero-order chi connectivity index (χ0) is 14.3. The molecule has 0 amide bonds. The second-order valence-electron chi connectivity index (χ2n) is 5.88. The number of carbonyl (C=O) groups is 1. The first-order valence-corrected chi connectivity index (χ1v) is 7.42. The van der Waals surface area contributed by atoms with Gasteiger partial charge in [0, 0.05) is 13.2 Å². The van der Waals surface area contributed by atoms with E-state index in [0.29, 0.717) is 12.6 Å². The van der Waals surface area contributed by atoms with Gasteiger partial charge in [-0.15, -0.1) is 0 Å². The third kappa shape index (κ3) is 4.18. The van der Waals surface area contributed by atoms with Crippen LogP contribution in [0.4, 0.5) is 0 Å². The average Bonchev–Trinajstić information content (AvgIpc) is 2.65. The molecule has 0 heterocycles. The number of ether oxygens (including phenoxy) is 2. The van der Waals surface area contributed by atoms with Crippen molar-refractivity contribution in [1.29, 1.82) is 0 Å². The van der Waals surface area contributed by atoms with Gasteiger partial charge < -0.3 is 9.47 Å². The van der Waals surface area contributed by atoms with E-state index in [-0.39, 0.29) is 11.9 Å². The van der Waals surface area contributed by atoms with Crippen LogP contribution in [0.25, 0.3) is 0 Å². The lowest BCUT2D eigenvalue weighted by atomic mass is 9.85. The lowest BCUT2D eigenvalue weighted by Crippen LogP contribution is -2.62. The molecule has 1 atom stereocenters. The van der Waals surface area contributed by atoms with Gasteiger partial charge >= 0.3 is 5.97 Å². The summed E-state index contributed by atoms with van der Waals surface area (Å²) in [6.45, 7) is 4.44. The maximum absolute atomic E-state index is 12.3. The molecular formula is C15H29NO3. The van der Waals surface area contributed by atoms with Crippen LogP contribution >= 0.6 is 0 Å². The zero-order valence-corrected chi connectivity index (χ0v) is 12.8. The fourth-order valence-corrected chi connectivity index (χ4v) is 2.93. The largest absolute Gasteiger partial charge is 0.468 e. The normalized spacial score (nSPS) is 20.9. The Morgan fingerprint density at radius 2 is 1.79 bits per heavy atom. The van der Waals surface area contributed by atoms with Gasteiger partial charge in [-0.25, -0.2) is 4.79 Å². The van der Waals surface area contributed by atoms with E-state index in [9.17, 15) is 4.79 Å². The average molecular weight is 271 g/mol. The lowest BCUT2D eigenvalue weighted by molar-refractivity contribution is -0.154. The monoisotopic (exact) mass is 271 g/mol. The summed E-state index contributed by atoms with van der Waals surface area (Å²) in [4.78, 5) is 12.3. The minimum Gasteiger partial charge on any atom is -0.468 e. The first kappa shape index (κ1) is 16.4. The predicted molar refractivity (Wildman–Crippen MR) is 76.1 cm³/mol. The maximum atomic E-state index is 12.3. The highest BCUT2D eigenvalue weighted by molar-refractivity contribution is 5.81. The smallest absolute Gasteiger partial charge is 0.328 e. The van der Waals surface area contributed by atoms with Crippen LogP contribution in [0.2, 0.25) is 0 Å². The summed E-state index contributed by atoms with van der Waals surface area (Å²) in [5.74, 6) is -0.0863. The van der Waals surface area contributed by atoms with Gasteiger partial charge in [0.05, 0.1) is 13.7 Å². The Kier molecular flexibility index (Phi) is 6.80. The summed E-state index contributed by atoms with van der Waals surface area (Å²) in [6.07, 6.45) is 7.34. The Labute approximate surface area is 117 Å². The lowest BCUT2D eigenvalue weighted by Gasteiger charge is -2.38. The first-order valence-electron chi connectivity index (χ1n) is 7.42. The minimum atomic E-state index is -0.724. The highest BCUT2D eigenvalue weighted by atomic mass is 16.5. The van der Waals surface area contributed by atoms with Gasteiger partial charge in [0.2, 0.25) is 0 Å². The zero-order valence-electron chi connectivity index (χ0n) is 12.8. The molecule has 0 aromatic carbocycles. The molecule has 1 rings (SSSR count). The quantitative estimate of drug-likeness (QED) is 0.595. The fraction of sp³-hybridized carbons (Fsp3) is 0.933. The second-order valence-corrected chi connectivity index (χ2v) is 5.88. The molecule has 0 aromatic rings. The molecule has 19 heavy (non-hydrogen) atoms. The van der Waals surface area contributed by atoms with E-state index in [2.05, 4.69) is 5.32 Å². The van der Waals surface area contributed by atoms with E-state index >= 15 is 0 Å². The van der Waals surface area contributed by atoms with Crippen molar-refractivity contribution in [3.63, 3.8) is 0 Å². The van der Waals surface area contributed by atoms with Gasteiger partial charge in [0.1, 0.15) is 5.54 Å². The van der Waals surface area contributed by atoms with Crippen molar-refractivity contribution in [3.05, 3.63) is 0 Å². The van der Waals surface area contributed by atoms with Crippen molar-refractivity contribution in [2.24, 2.45) is 5.92 Å². The number of hydrogen-bond donors (Lipinski definition) is 1. The Morgan fingerprint density at radius 1 is 1.21 bits per heavy atom. The Hall–Kier alpha value is -0.610. The van der Waals surface area contributed by atoms with E-state index < -0.39 is 5.54 Å². The molecule has 1 aliphatic rings. The van der Waals surface area contributed by atoms with Crippen molar-refractivity contribution >= 4 is 5.97 Å². The molecule has 1 saturated carbocycles. The number of nitrogens with one attached hydrogen (secondary N) is 1. The molecule has 0 aliphatic heterocycles. The molecule has 112 valence electrons. The van der Waals surface area contributed by atoms with Crippen molar-refractivity contribution in [2.75, 3.05) is 20.8 Å². The number of esters is 1. The van der Waals surface area contributed by atoms with Crippen molar-refractivity contribution in [1.82, 2.24) is 5.32 Å². The van der Waals surface area contributed by atoms with Crippen LogP contribution in [0.5, 0.6) is 0 Å². The molecule has 1 N–H and O–H groups in total. The molecule has 1 aliphatic carbocycles. The van der Waals surface area contributed by atoms with Gasteiger partial charge in [0.15, 0.2) is 0 Å². The molecule has 1 fully saturated rings. The third-order valence-electron chi connectivity index (χ3n) is 4.22. The highest BCUT2D eigenvalue weighted by Crippen LogP contribution is 2.25. The van der Waals surface area contributed by atoms with Crippen molar-refractivity contribution in [2.45, 2.75) is 64.0 Å². The SMILES string of the molecule is COCC(NC1CCCCCC1)(C(=O)OC)C(C)C. The Bertz CT molecular complexity index is 273. The van der Waals surface area contributed by atoms with Crippen LogP contribution in [0.3, 0.4) is 0 Å². The summed E-state index contributed by atoms with van der Waals surface area (Å²) in [5, 5.41) is 3.56. The van der Waals surface area contributed by atoms with Gasteiger partial charge in [-0.3, -0.25) is 5.32 Å². The van der Waals surface area contributed by atoms with Crippen LogP contribution < -0.4 is 5.32 Å². The number of rotatable bonds is 6. The molecule has 0 radical (unpaired) electrons. The molecule has 1 unspecified atom stereocenters. The van der Waals surface area contributed by atoms with Crippen LogP contribution in [-0.4, -0.2) is 38.4 Å². The minimum absolute atomic E-state index is 0.128. The predicted octanol–water partition coefficient (Wildman–Crippen LogP) is 2.51. The van der Waals surface area contributed by atoms with Gasteiger partial charge in [-0.1, -0.05) is 39.5 Å². The van der Waals surface area contributed by atoms with Crippen LogP contribution in [0, 0.1) is 5.92 Å². The molecule has 0 bridgehead atoms. The number of methoxy groups -OCH3 is 2. The molecule has 0 saturated heterocycles. The van der Waals surface area contributed by atoms with Crippen LogP contribution in [0.15, 0.2) is 0 Å². The van der Waals surface area contributed by atoms with Crippen LogP contribution in [0.1, 0.15) is 52.4 Å².